The van der Waals surface area contributed by atoms with E-state index in [-0.39, 0.29) is 0 Å². The predicted octanol–water partition coefficient (Wildman–Crippen LogP) is 7.52. The van der Waals surface area contributed by atoms with Gasteiger partial charge in [0.1, 0.15) is 5.69 Å². The summed E-state index contributed by atoms with van der Waals surface area (Å²) in [6.07, 6.45) is 0. The van der Waals surface area contributed by atoms with Crippen molar-refractivity contribution in [1.82, 2.24) is 4.57 Å². The number of aromatic nitrogens is 1. The third-order valence-corrected chi connectivity index (χ3v) is 8.40. The van der Waals surface area contributed by atoms with Crippen LogP contribution in [0.2, 0.25) is 0 Å². The lowest BCUT2D eigenvalue weighted by atomic mass is 10.1. The molecule has 0 radical (unpaired) electrons. The number of carboxylic acids is 1. The average Bonchev–Trinajstić information content (AvgIpc) is 3.47. The van der Waals surface area contributed by atoms with E-state index < -0.39 is 5.97 Å². The van der Waals surface area contributed by atoms with Crippen molar-refractivity contribution in [1.29, 1.82) is 0 Å². The first-order valence-corrected chi connectivity index (χ1v) is 12.0. The molecule has 5 aromatic rings. The van der Waals surface area contributed by atoms with Gasteiger partial charge in [0.05, 0.1) is 10.2 Å². The second-order valence-corrected chi connectivity index (χ2v) is 11.0. The minimum Gasteiger partial charge on any atom is -0.477 e. The Labute approximate surface area is 186 Å². The van der Waals surface area contributed by atoms with E-state index in [1.807, 2.05) is 10.6 Å². The molecule has 30 heavy (non-hydrogen) atoms. The Morgan fingerprint density at radius 2 is 1.60 bits per heavy atom. The number of carboxylic acid groups (broad SMARTS) is 1. The van der Waals surface area contributed by atoms with Crippen molar-refractivity contribution in [2.24, 2.45) is 0 Å². The number of rotatable bonds is 5. The first kappa shape index (κ1) is 19.3. The number of aryl methyl sites for hydroxylation is 2. The van der Waals surface area contributed by atoms with Crippen LogP contribution in [0.1, 0.15) is 25.8 Å². The lowest BCUT2D eigenvalue weighted by molar-refractivity contribution is 0.0686. The summed E-state index contributed by atoms with van der Waals surface area (Å²) >= 11 is 5.20. The van der Waals surface area contributed by atoms with Crippen LogP contribution in [-0.4, -0.2) is 15.6 Å². The van der Waals surface area contributed by atoms with Crippen molar-refractivity contribution in [3.8, 4) is 20.2 Å². The lowest BCUT2D eigenvalue weighted by Gasteiger charge is -2.09. The molecule has 0 amide bonds. The highest BCUT2D eigenvalue weighted by atomic mass is 32.1. The van der Waals surface area contributed by atoms with Gasteiger partial charge in [-0.2, -0.15) is 0 Å². The molecule has 0 spiro atoms. The Morgan fingerprint density at radius 1 is 0.867 bits per heavy atom. The molecule has 3 nitrogen and oxygen atoms in total. The lowest BCUT2D eigenvalue weighted by Crippen LogP contribution is -2.09. The standard InChI is InChI=1S/C24H19NO2S3/c1-14-6-8-20(28-14)17-5-3-4-16(10-17)13-25-18-11-23(21-9-7-15(2)29-21)30-22(18)12-19(25)24(26)27/h3-12H,13H2,1-2H3,(H,26,27). The quantitative estimate of drug-likeness (QED) is 0.301. The van der Waals surface area contributed by atoms with E-state index in [4.69, 9.17) is 0 Å². The van der Waals surface area contributed by atoms with Crippen LogP contribution < -0.4 is 0 Å². The first-order chi connectivity index (χ1) is 14.5. The van der Waals surface area contributed by atoms with Crippen molar-refractivity contribution in [3.63, 3.8) is 0 Å². The maximum atomic E-state index is 11.9. The van der Waals surface area contributed by atoms with Crippen LogP contribution in [0.4, 0.5) is 0 Å². The Morgan fingerprint density at radius 3 is 2.27 bits per heavy atom. The van der Waals surface area contributed by atoms with Gasteiger partial charge in [-0.15, -0.1) is 34.0 Å². The molecule has 0 bridgehead atoms. The van der Waals surface area contributed by atoms with Crippen molar-refractivity contribution < 1.29 is 9.90 Å². The number of fused-ring (bicyclic) bond motifs is 1. The normalized spacial score (nSPS) is 11.4. The van der Waals surface area contributed by atoms with Crippen LogP contribution >= 0.6 is 34.0 Å². The molecule has 4 heterocycles. The Kier molecular flexibility index (Phi) is 4.85. The summed E-state index contributed by atoms with van der Waals surface area (Å²) in [5.74, 6) is -0.892. The van der Waals surface area contributed by atoms with Gasteiger partial charge in [-0.1, -0.05) is 18.2 Å². The molecule has 0 unspecified atom stereocenters. The van der Waals surface area contributed by atoms with Crippen LogP contribution in [0.15, 0.2) is 60.7 Å². The summed E-state index contributed by atoms with van der Waals surface area (Å²) in [5, 5.41) is 9.78. The molecule has 0 aliphatic heterocycles. The number of aromatic carboxylic acids is 1. The van der Waals surface area contributed by atoms with Gasteiger partial charge >= 0.3 is 5.97 Å². The fraction of sp³-hybridized carbons (Fsp3) is 0.125. The summed E-state index contributed by atoms with van der Waals surface area (Å²) in [6, 6.07) is 20.9. The van der Waals surface area contributed by atoms with Crippen LogP contribution in [0.3, 0.4) is 0 Å². The molecular weight excluding hydrogens is 430 g/mol. The van der Waals surface area contributed by atoms with E-state index in [2.05, 4.69) is 62.4 Å². The van der Waals surface area contributed by atoms with E-state index >= 15 is 0 Å². The maximum absolute atomic E-state index is 11.9. The molecule has 0 aliphatic rings. The highest BCUT2D eigenvalue weighted by Gasteiger charge is 2.18. The first-order valence-electron chi connectivity index (χ1n) is 9.57. The van der Waals surface area contributed by atoms with Crippen molar-refractivity contribution in [3.05, 3.63) is 81.7 Å². The third kappa shape index (κ3) is 3.51. The van der Waals surface area contributed by atoms with Gasteiger partial charge in [0.15, 0.2) is 0 Å². The third-order valence-electron chi connectivity index (χ3n) is 5.08. The van der Waals surface area contributed by atoms with E-state index in [9.17, 15) is 9.90 Å². The van der Waals surface area contributed by atoms with Gasteiger partial charge in [0.25, 0.3) is 0 Å². The molecule has 1 N–H and O–H groups in total. The SMILES string of the molecule is Cc1ccc(-c2cccc(Cn3c(C(=O)O)cc4sc(-c5ccc(C)s5)cc43)c2)s1. The molecular formula is C24H19NO2S3. The number of thiophene rings is 3. The fourth-order valence-electron chi connectivity index (χ4n) is 3.67. The van der Waals surface area contributed by atoms with Gasteiger partial charge in [0.2, 0.25) is 0 Å². The number of nitrogens with zero attached hydrogens (tertiary/aromatic N) is 1. The van der Waals surface area contributed by atoms with Crippen LogP contribution in [0.5, 0.6) is 0 Å². The van der Waals surface area contributed by atoms with Gasteiger partial charge in [-0.05, 0) is 67.4 Å². The van der Waals surface area contributed by atoms with Crippen molar-refractivity contribution in [2.45, 2.75) is 20.4 Å². The van der Waals surface area contributed by atoms with Crippen LogP contribution in [-0.2, 0) is 6.54 Å². The molecule has 4 aromatic heterocycles. The van der Waals surface area contributed by atoms with Gasteiger partial charge in [-0.3, -0.25) is 0 Å². The van der Waals surface area contributed by atoms with Crippen LogP contribution in [0, 0.1) is 13.8 Å². The summed E-state index contributed by atoms with van der Waals surface area (Å²) in [4.78, 5) is 18.1. The maximum Gasteiger partial charge on any atom is 0.352 e. The minimum absolute atomic E-state index is 0.336. The fourth-order valence-corrected chi connectivity index (χ4v) is 6.59. The van der Waals surface area contributed by atoms with Crippen molar-refractivity contribution >= 4 is 50.2 Å². The van der Waals surface area contributed by atoms with Crippen molar-refractivity contribution in [2.75, 3.05) is 0 Å². The molecule has 1 aromatic carbocycles. The number of hydrogen-bond donors (Lipinski definition) is 1. The molecule has 0 aliphatic carbocycles. The molecule has 0 saturated heterocycles. The minimum atomic E-state index is -0.892. The highest BCUT2D eigenvalue weighted by Crippen LogP contribution is 2.39. The summed E-state index contributed by atoms with van der Waals surface area (Å²) < 4.78 is 2.94. The Hall–Kier alpha value is -2.67. The second-order valence-electron chi connectivity index (χ2n) is 7.30. The number of benzene rings is 1. The van der Waals surface area contributed by atoms with Crippen LogP contribution in [0.25, 0.3) is 30.4 Å². The monoisotopic (exact) mass is 449 g/mol. The number of carbonyl (C=O) groups is 1. The van der Waals surface area contributed by atoms with Gasteiger partial charge in [0, 0.05) is 30.9 Å². The Balaban J connectivity index is 1.56. The van der Waals surface area contributed by atoms with E-state index in [1.54, 1.807) is 40.1 Å². The zero-order valence-corrected chi connectivity index (χ0v) is 19.0. The average molecular weight is 450 g/mol. The van der Waals surface area contributed by atoms with E-state index in [0.29, 0.717) is 12.2 Å². The summed E-state index contributed by atoms with van der Waals surface area (Å²) in [7, 11) is 0. The Bertz CT molecular complexity index is 1380. The molecule has 6 heteroatoms. The largest absolute Gasteiger partial charge is 0.477 e. The smallest absolute Gasteiger partial charge is 0.352 e. The van der Waals surface area contributed by atoms with E-state index in [0.717, 1.165) is 15.8 Å². The topological polar surface area (TPSA) is 42.2 Å². The zero-order valence-electron chi connectivity index (χ0n) is 16.5. The van der Waals surface area contributed by atoms with E-state index in [1.165, 1.54) is 29.9 Å². The summed E-state index contributed by atoms with van der Waals surface area (Å²) in [5.41, 5.74) is 3.59. The zero-order chi connectivity index (χ0) is 20.8. The second kappa shape index (κ2) is 7.54. The number of hydrogen-bond acceptors (Lipinski definition) is 4. The highest BCUT2D eigenvalue weighted by molar-refractivity contribution is 7.26. The predicted molar refractivity (Wildman–Crippen MR) is 128 cm³/mol. The molecule has 150 valence electrons. The van der Waals surface area contributed by atoms with Gasteiger partial charge < -0.3 is 9.67 Å². The molecule has 0 saturated carbocycles. The summed E-state index contributed by atoms with van der Waals surface area (Å²) in [6.45, 7) is 4.74. The molecule has 0 fully saturated rings. The molecule has 0 atom stereocenters. The van der Waals surface area contributed by atoms with Gasteiger partial charge in [-0.25, -0.2) is 4.79 Å². The molecule has 5 rings (SSSR count).